The third kappa shape index (κ3) is 3.17. The number of nitro groups is 1. The van der Waals surface area contributed by atoms with Crippen LogP contribution in [0.2, 0.25) is 0 Å². The third-order valence-corrected chi connectivity index (χ3v) is 3.71. The minimum Gasteiger partial charge on any atom is -0.457 e. The second kappa shape index (κ2) is 6.05. The minimum absolute atomic E-state index is 0.0619. The van der Waals surface area contributed by atoms with Crippen molar-refractivity contribution in [1.82, 2.24) is 0 Å². The van der Waals surface area contributed by atoms with Crippen LogP contribution in [0.15, 0.2) is 36.4 Å². The molecule has 0 saturated heterocycles. The minimum atomic E-state index is -0.411. The Bertz CT molecular complexity index is 656. The summed E-state index contributed by atoms with van der Waals surface area (Å²) in [6.45, 7) is 4.05. The van der Waals surface area contributed by atoms with Crippen LogP contribution < -0.4 is 4.74 Å². The number of nitrogens with zero attached hydrogens (tertiary/aromatic N) is 1. The van der Waals surface area contributed by atoms with E-state index in [4.69, 9.17) is 4.74 Å². The SMILES string of the molecule is Cc1ccc(Oc2ccc([N+](=O)[O-])cc2CBr)cc1C. The van der Waals surface area contributed by atoms with Gasteiger partial charge < -0.3 is 4.74 Å². The van der Waals surface area contributed by atoms with Crippen molar-refractivity contribution >= 4 is 21.6 Å². The lowest BCUT2D eigenvalue weighted by molar-refractivity contribution is -0.384. The molecule has 0 aromatic heterocycles. The summed E-state index contributed by atoms with van der Waals surface area (Å²) in [5.74, 6) is 1.35. The topological polar surface area (TPSA) is 52.4 Å². The van der Waals surface area contributed by atoms with E-state index in [1.165, 1.54) is 17.7 Å². The van der Waals surface area contributed by atoms with E-state index in [0.717, 1.165) is 16.9 Å². The summed E-state index contributed by atoms with van der Waals surface area (Å²) in [6.07, 6.45) is 0. The Morgan fingerprint density at radius 2 is 1.90 bits per heavy atom. The number of nitro benzene ring substituents is 1. The van der Waals surface area contributed by atoms with Gasteiger partial charge in [-0.15, -0.1) is 0 Å². The maximum atomic E-state index is 10.8. The fourth-order valence-corrected chi connectivity index (χ4v) is 2.23. The van der Waals surface area contributed by atoms with Gasteiger partial charge in [0, 0.05) is 23.0 Å². The zero-order valence-electron chi connectivity index (χ0n) is 11.2. The highest BCUT2D eigenvalue weighted by atomic mass is 79.9. The molecule has 0 spiro atoms. The van der Waals surface area contributed by atoms with E-state index >= 15 is 0 Å². The summed E-state index contributed by atoms with van der Waals surface area (Å²) >= 11 is 3.33. The zero-order valence-corrected chi connectivity index (χ0v) is 12.8. The number of aryl methyl sites for hydroxylation is 2. The maximum Gasteiger partial charge on any atom is 0.270 e. The fraction of sp³-hybridized carbons (Fsp3) is 0.200. The predicted molar refractivity (Wildman–Crippen MR) is 81.7 cm³/mol. The normalized spacial score (nSPS) is 10.3. The Hall–Kier alpha value is -1.88. The third-order valence-electron chi connectivity index (χ3n) is 3.11. The molecule has 0 aliphatic carbocycles. The van der Waals surface area contributed by atoms with Gasteiger partial charge in [0.15, 0.2) is 0 Å². The first-order chi connectivity index (χ1) is 9.51. The van der Waals surface area contributed by atoms with Gasteiger partial charge in [-0.25, -0.2) is 0 Å². The molecule has 0 amide bonds. The van der Waals surface area contributed by atoms with E-state index in [1.807, 2.05) is 32.0 Å². The molecule has 0 N–H and O–H groups in total. The number of rotatable bonds is 4. The van der Waals surface area contributed by atoms with Gasteiger partial charge in [0.05, 0.1) is 4.92 Å². The van der Waals surface area contributed by atoms with Gasteiger partial charge in [-0.3, -0.25) is 10.1 Å². The molecule has 2 rings (SSSR count). The molecule has 0 heterocycles. The van der Waals surface area contributed by atoms with Gasteiger partial charge in [0.2, 0.25) is 0 Å². The summed E-state index contributed by atoms with van der Waals surface area (Å²) in [4.78, 5) is 10.4. The Morgan fingerprint density at radius 3 is 2.50 bits per heavy atom. The Kier molecular flexibility index (Phi) is 4.39. The molecule has 0 bridgehead atoms. The van der Waals surface area contributed by atoms with Crippen LogP contribution in [-0.4, -0.2) is 4.92 Å². The molecule has 4 nitrogen and oxygen atoms in total. The summed E-state index contributed by atoms with van der Waals surface area (Å²) in [6, 6.07) is 10.4. The zero-order chi connectivity index (χ0) is 14.7. The molecular formula is C15H14BrNO3. The van der Waals surface area contributed by atoms with E-state index in [-0.39, 0.29) is 5.69 Å². The quantitative estimate of drug-likeness (QED) is 0.453. The number of hydrogen-bond donors (Lipinski definition) is 0. The number of alkyl halides is 1. The average molecular weight is 336 g/mol. The molecular weight excluding hydrogens is 322 g/mol. The highest BCUT2D eigenvalue weighted by Crippen LogP contribution is 2.30. The van der Waals surface area contributed by atoms with E-state index in [0.29, 0.717) is 11.1 Å². The molecule has 0 aliphatic rings. The van der Waals surface area contributed by atoms with Crippen LogP contribution in [0, 0.1) is 24.0 Å². The summed E-state index contributed by atoms with van der Waals surface area (Å²) in [5, 5.41) is 11.3. The smallest absolute Gasteiger partial charge is 0.270 e. The largest absolute Gasteiger partial charge is 0.457 e. The molecule has 104 valence electrons. The second-order valence-electron chi connectivity index (χ2n) is 4.53. The number of halogens is 1. The Morgan fingerprint density at radius 1 is 1.15 bits per heavy atom. The molecule has 0 unspecified atom stereocenters. The van der Waals surface area contributed by atoms with Crippen molar-refractivity contribution in [1.29, 1.82) is 0 Å². The number of ether oxygens (including phenoxy) is 1. The van der Waals surface area contributed by atoms with Crippen molar-refractivity contribution < 1.29 is 9.66 Å². The van der Waals surface area contributed by atoms with Gasteiger partial charge in [0.1, 0.15) is 11.5 Å². The maximum absolute atomic E-state index is 10.8. The molecule has 0 saturated carbocycles. The van der Waals surface area contributed by atoms with E-state index in [9.17, 15) is 10.1 Å². The van der Waals surface area contributed by atoms with Gasteiger partial charge >= 0.3 is 0 Å². The first-order valence-corrected chi connectivity index (χ1v) is 7.22. The van der Waals surface area contributed by atoms with Crippen LogP contribution in [0.5, 0.6) is 11.5 Å². The molecule has 0 radical (unpaired) electrons. The van der Waals surface area contributed by atoms with Crippen LogP contribution >= 0.6 is 15.9 Å². The highest BCUT2D eigenvalue weighted by molar-refractivity contribution is 9.08. The Labute approximate surface area is 125 Å². The van der Waals surface area contributed by atoms with E-state index in [1.54, 1.807) is 6.07 Å². The van der Waals surface area contributed by atoms with Crippen molar-refractivity contribution in [3.8, 4) is 11.5 Å². The molecule has 0 aliphatic heterocycles. The van der Waals surface area contributed by atoms with Gasteiger partial charge in [-0.1, -0.05) is 22.0 Å². The first-order valence-electron chi connectivity index (χ1n) is 6.09. The molecule has 0 fully saturated rings. The highest BCUT2D eigenvalue weighted by Gasteiger charge is 2.11. The standard InChI is InChI=1S/C15H14BrNO3/c1-10-3-5-14(7-11(10)2)20-15-6-4-13(17(18)19)8-12(15)9-16/h3-8H,9H2,1-2H3. The van der Waals surface area contributed by atoms with Crippen molar-refractivity contribution in [2.24, 2.45) is 0 Å². The van der Waals surface area contributed by atoms with Crippen LogP contribution in [0.25, 0.3) is 0 Å². The molecule has 0 atom stereocenters. The van der Waals surface area contributed by atoms with Crippen molar-refractivity contribution in [3.63, 3.8) is 0 Å². The predicted octanol–water partition coefficient (Wildman–Crippen LogP) is 4.90. The summed E-state index contributed by atoms with van der Waals surface area (Å²) < 4.78 is 5.82. The van der Waals surface area contributed by atoms with Gasteiger partial charge in [0.25, 0.3) is 5.69 Å². The van der Waals surface area contributed by atoms with Gasteiger partial charge in [-0.2, -0.15) is 0 Å². The number of non-ortho nitro benzene ring substituents is 1. The number of hydrogen-bond acceptors (Lipinski definition) is 3. The lowest BCUT2D eigenvalue weighted by Crippen LogP contribution is -1.94. The van der Waals surface area contributed by atoms with E-state index < -0.39 is 4.92 Å². The molecule has 2 aromatic rings. The average Bonchev–Trinajstić information content (AvgIpc) is 2.43. The van der Waals surface area contributed by atoms with Crippen molar-refractivity contribution in [3.05, 3.63) is 63.2 Å². The van der Waals surface area contributed by atoms with Crippen LogP contribution in [0.3, 0.4) is 0 Å². The van der Waals surface area contributed by atoms with Crippen molar-refractivity contribution in [2.45, 2.75) is 19.2 Å². The lowest BCUT2D eigenvalue weighted by atomic mass is 10.1. The first kappa shape index (κ1) is 14.5. The Balaban J connectivity index is 2.32. The molecule has 2 aromatic carbocycles. The fourth-order valence-electron chi connectivity index (χ4n) is 1.79. The van der Waals surface area contributed by atoms with Crippen LogP contribution in [0.1, 0.15) is 16.7 Å². The van der Waals surface area contributed by atoms with E-state index in [2.05, 4.69) is 15.9 Å². The van der Waals surface area contributed by atoms with Crippen molar-refractivity contribution in [2.75, 3.05) is 0 Å². The van der Waals surface area contributed by atoms with Gasteiger partial charge in [-0.05, 0) is 43.2 Å². The van der Waals surface area contributed by atoms with Crippen LogP contribution in [0.4, 0.5) is 5.69 Å². The molecule has 5 heteroatoms. The molecule has 20 heavy (non-hydrogen) atoms. The lowest BCUT2D eigenvalue weighted by Gasteiger charge is -2.11. The second-order valence-corrected chi connectivity index (χ2v) is 5.09. The number of benzene rings is 2. The monoisotopic (exact) mass is 335 g/mol. The summed E-state index contributed by atoms with van der Waals surface area (Å²) in [5.41, 5.74) is 3.15. The summed E-state index contributed by atoms with van der Waals surface area (Å²) in [7, 11) is 0. The van der Waals surface area contributed by atoms with Crippen LogP contribution in [-0.2, 0) is 5.33 Å².